The van der Waals surface area contributed by atoms with Gasteiger partial charge in [-0.15, -0.1) is 0 Å². The van der Waals surface area contributed by atoms with Gasteiger partial charge < -0.3 is 4.74 Å². The Morgan fingerprint density at radius 3 is 2.76 bits per heavy atom. The van der Waals surface area contributed by atoms with Crippen molar-refractivity contribution < 1.29 is 9.53 Å². The molecule has 0 N–H and O–H groups in total. The van der Waals surface area contributed by atoms with E-state index in [9.17, 15) is 4.79 Å². The summed E-state index contributed by atoms with van der Waals surface area (Å²) in [5.74, 6) is -0.242. The van der Waals surface area contributed by atoms with Gasteiger partial charge in [-0.1, -0.05) is 35.3 Å². The molecule has 0 aliphatic heterocycles. The summed E-state index contributed by atoms with van der Waals surface area (Å²) in [5, 5.41) is 1.05. The smallest absolute Gasteiger partial charge is 0.320 e. The van der Waals surface area contributed by atoms with Crippen LogP contribution in [-0.4, -0.2) is 31.1 Å². The molecule has 5 heteroatoms. The number of nitrogens with zero attached hydrogens (tertiary/aromatic N) is 1. The van der Waals surface area contributed by atoms with Crippen molar-refractivity contribution in [3.63, 3.8) is 0 Å². The number of halogens is 2. The van der Waals surface area contributed by atoms with Gasteiger partial charge >= 0.3 is 5.97 Å². The van der Waals surface area contributed by atoms with Crippen molar-refractivity contribution in [2.24, 2.45) is 0 Å². The summed E-state index contributed by atoms with van der Waals surface area (Å²) in [7, 11) is 1.83. The Bertz CT molecular complexity index is 396. The maximum absolute atomic E-state index is 11.3. The Morgan fingerprint density at radius 2 is 2.12 bits per heavy atom. The van der Waals surface area contributed by atoms with Gasteiger partial charge in [0.05, 0.1) is 23.2 Å². The lowest BCUT2D eigenvalue weighted by Gasteiger charge is -2.16. The summed E-state index contributed by atoms with van der Waals surface area (Å²) in [6, 6.07) is 5.45. The fraction of sp³-hybridized carbons (Fsp3) is 0.417. The fourth-order valence-corrected chi connectivity index (χ4v) is 1.82. The third-order valence-corrected chi connectivity index (χ3v) is 3.03. The molecule has 0 saturated heterocycles. The van der Waals surface area contributed by atoms with Gasteiger partial charge in [-0.25, -0.2) is 0 Å². The fourth-order valence-electron chi connectivity index (χ4n) is 1.44. The molecule has 0 radical (unpaired) electrons. The standard InChI is InChI=1S/C12H15Cl2NO2/c1-3-17-11(16)8-15(2)7-9-5-4-6-10(13)12(9)14/h4-6H,3,7-8H2,1-2H3. The molecule has 3 nitrogen and oxygen atoms in total. The largest absolute Gasteiger partial charge is 0.465 e. The summed E-state index contributed by atoms with van der Waals surface area (Å²) < 4.78 is 4.86. The number of esters is 1. The van der Waals surface area contributed by atoms with Crippen LogP contribution in [0.3, 0.4) is 0 Å². The van der Waals surface area contributed by atoms with E-state index in [1.165, 1.54) is 0 Å². The minimum absolute atomic E-state index is 0.233. The average Bonchev–Trinajstić information content (AvgIpc) is 2.25. The van der Waals surface area contributed by atoms with Crippen LogP contribution in [0.25, 0.3) is 0 Å². The van der Waals surface area contributed by atoms with E-state index in [1.54, 1.807) is 13.0 Å². The molecule has 17 heavy (non-hydrogen) atoms. The molecule has 1 rings (SSSR count). The predicted molar refractivity (Wildman–Crippen MR) is 69.4 cm³/mol. The first-order valence-electron chi connectivity index (χ1n) is 5.31. The molecule has 0 aliphatic carbocycles. The number of likely N-dealkylation sites (N-methyl/N-ethyl adjacent to an activating group) is 1. The Balaban J connectivity index is 2.59. The Labute approximate surface area is 111 Å². The summed E-state index contributed by atoms with van der Waals surface area (Å²) >= 11 is 12.0. The van der Waals surface area contributed by atoms with E-state index >= 15 is 0 Å². The maximum Gasteiger partial charge on any atom is 0.320 e. The van der Waals surface area contributed by atoms with Crippen molar-refractivity contribution >= 4 is 29.2 Å². The van der Waals surface area contributed by atoms with Gasteiger partial charge in [0, 0.05) is 6.54 Å². The van der Waals surface area contributed by atoms with E-state index in [0.717, 1.165) is 5.56 Å². The highest BCUT2D eigenvalue weighted by Gasteiger charge is 2.10. The van der Waals surface area contributed by atoms with Crippen LogP contribution in [0.2, 0.25) is 10.0 Å². The van der Waals surface area contributed by atoms with E-state index in [-0.39, 0.29) is 12.5 Å². The number of carbonyl (C=O) groups is 1. The number of hydrogen-bond acceptors (Lipinski definition) is 3. The van der Waals surface area contributed by atoms with E-state index < -0.39 is 0 Å². The van der Waals surface area contributed by atoms with Gasteiger partial charge in [-0.3, -0.25) is 9.69 Å². The number of benzene rings is 1. The van der Waals surface area contributed by atoms with Crippen molar-refractivity contribution in [3.05, 3.63) is 33.8 Å². The zero-order chi connectivity index (χ0) is 12.8. The quantitative estimate of drug-likeness (QED) is 0.774. The first-order chi connectivity index (χ1) is 8.04. The molecule has 1 aromatic rings. The third kappa shape index (κ3) is 4.54. The van der Waals surface area contributed by atoms with Crippen LogP contribution in [0.15, 0.2) is 18.2 Å². The second-order valence-corrected chi connectivity index (χ2v) is 4.48. The molecular formula is C12H15Cl2NO2. The second-order valence-electron chi connectivity index (χ2n) is 3.69. The van der Waals surface area contributed by atoms with Crippen LogP contribution in [0, 0.1) is 0 Å². The van der Waals surface area contributed by atoms with Gasteiger partial charge in [0.25, 0.3) is 0 Å². The Hall–Kier alpha value is -0.770. The lowest BCUT2D eigenvalue weighted by Crippen LogP contribution is -2.27. The van der Waals surface area contributed by atoms with Crippen LogP contribution in [0.4, 0.5) is 0 Å². The van der Waals surface area contributed by atoms with Crippen molar-refractivity contribution in [2.75, 3.05) is 20.2 Å². The second kappa shape index (κ2) is 6.84. The molecule has 0 atom stereocenters. The molecule has 0 amide bonds. The normalized spacial score (nSPS) is 10.6. The van der Waals surface area contributed by atoms with E-state index in [1.807, 2.05) is 24.1 Å². The number of ether oxygens (including phenoxy) is 1. The maximum atomic E-state index is 11.3. The van der Waals surface area contributed by atoms with Crippen molar-refractivity contribution in [2.45, 2.75) is 13.5 Å². The van der Waals surface area contributed by atoms with Crippen LogP contribution in [-0.2, 0) is 16.1 Å². The van der Waals surface area contributed by atoms with Crippen molar-refractivity contribution in [1.82, 2.24) is 4.90 Å². The SMILES string of the molecule is CCOC(=O)CN(C)Cc1cccc(Cl)c1Cl. The van der Waals surface area contributed by atoms with Crippen molar-refractivity contribution in [1.29, 1.82) is 0 Å². The Kier molecular flexibility index (Phi) is 5.75. The molecule has 0 aliphatic rings. The van der Waals surface area contributed by atoms with Gasteiger partial charge in [0.2, 0.25) is 0 Å². The molecule has 0 spiro atoms. The minimum atomic E-state index is -0.242. The van der Waals surface area contributed by atoms with Gasteiger partial charge in [-0.05, 0) is 25.6 Å². The Morgan fingerprint density at radius 1 is 1.41 bits per heavy atom. The number of hydrogen-bond donors (Lipinski definition) is 0. The van der Waals surface area contributed by atoms with Crippen LogP contribution in [0.1, 0.15) is 12.5 Å². The molecule has 94 valence electrons. The average molecular weight is 276 g/mol. The predicted octanol–water partition coefficient (Wildman–Crippen LogP) is 2.99. The third-order valence-electron chi connectivity index (χ3n) is 2.18. The molecule has 0 bridgehead atoms. The van der Waals surface area contributed by atoms with Gasteiger partial charge in [-0.2, -0.15) is 0 Å². The number of rotatable bonds is 5. The zero-order valence-electron chi connectivity index (χ0n) is 9.87. The number of carbonyl (C=O) groups excluding carboxylic acids is 1. The molecule has 0 fully saturated rings. The molecular weight excluding hydrogens is 261 g/mol. The molecule has 0 saturated carbocycles. The highest BCUT2D eigenvalue weighted by atomic mass is 35.5. The highest BCUT2D eigenvalue weighted by molar-refractivity contribution is 6.42. The topological polar surface area (TPSA) is 29.5 Å². The molecule has 0 unspecified atom stereocenters. The van der Waals surface area contributed by atoms with Crippen LogP contribution >= 0.6 is 23.2 Å². The van der Waals surface area contributed by atoms with E-state index in [4.69, 9.17) is 27.9 Å². The van der Waals surface area contributed by atoms with Crippen LogP contribution in [0.5, 0.6) is 0 Å². The van der Waals surface area contributed by atoms with E-state index in [2.05, 4.69) is 0 Å². The van der Waals surface area contributed by atoms with E-state index in [0.29, 0.717) is 23.2 Å². The molecule has 0 heterocycles. The lowest BCUT2D eigenvalue weighted by molar-refractivity contribution is -0.144. The zero-order valence-corrected chi connectivity index (χ0v) is 11.4. The molecule has 1 aromatic carbocycles. The van der Waals surface area contributed by atoms with Crippen molar-refractivity contribution in [3.8, 4) is 0 Å². The summed E-state index contributed by atoms with van der Waals surface area (Å²) in [6.07, 6.45) is 0. The first kappa shape index (κ1) is 14.3. The molecule has 0 aromatic heterocycles. The van der Waals surface area contributed by atoms with Crippen LogP contribution < -0.4 is 0 Å². The first-order valence-corrected chi connectivity index (χ1v) is 6.07. The van der Waals surface area contributed by atoms with Gasteiger partial charge in [0.15, 0.2) is 0 Å². The lowest BCUT2D eigenvalue weighted by atomic mass is 10.2. The minimum Gasteiger partial charge on any atom is -0.465 e. The van der Waals surface area contributed by atoms with Gasteiger partial charge in [0.1, 0.15) is 0 Å². The monoisotopic (exact) mass is 275 g/mol. The summed E-state index contributed by atoms with van der Waals surface area (Å²) in [4.78, 5) is 13.1. The highest BCUT2D eigenvalue weighted by Crippen LogP contribution is 2.26. The summed E-state index contributed by atoms with van der Waals surface area (Å²) in [5.41, 5.74) is 0.894. The summed E-state index contributed by atoms with van der Waals surface area (Å²) in [6.45, 7) is 2.96.